The maximum Gasteiger partial charge on any atom is 0.409 e. The first kappa shape index (κ1) is 20.2. The molecule has 2 rings (SSSR count). The molecule has 1 heterocycles. The molecule has 0 unspecified atom stereocenters. The number of carbonyl (C=O) groups is 2. The van der Waals surface area contributed by atoms with Crippen molar-refractivity contribution in [3.05, 3.63) is 29.3 Å². The van der Waals surface area contributed by atoms with Crippen molar-refractivity contribution in [3.63, 3.8) is 0 Å². The van der Waals surface area contributed by atoms with Crippen LogP contribution in [0.15, 0.2) is 23.1 Å². The van der Waals surface area contributed by atoms with Crippen LogP contribution >= 0.6 is 0 Å². The summed E-state index contributed by atoms with van der Waals surface area (Å²) >= 11 is 0. The fraction of sp³-hybridized carbons (Fsp3) is 0.529. The van der Waals surface area contributed by atoms with Gasteiger partial charge < -0.3 is 14.5 Å². The second kappa shape index (κ2) is 8.50. The first-order valence-electron chi connectivity index (χ1n) is 8.61. The van der Waals surface area contributed by atoms with Gasteiger partial charge in [-0.3, -0.25) is 4.79 Å². The zero-order valence-electron chi connectivity index (χ0n) is 15.3. The molecule has 1 aromatic rings. The molecule has 1 N–H and O–H groups in total. The summed E-state index contributed by atoms with van der Waals surface area (Å²) in [6, 6.07) is 4.53. The number of hydrogen-bond acceptors (Lipinski definition) is 5. The molecule has 1 aromatic carbocycles. The van der Waals surface area contributed by atoms with Crippen LogP contribution in [-0.2, 0) is 14.8 Å². The van der Waals surface area contributed by atoms with Crippen molar-refractivity contribution in [2.45, 2.75) is 25.7 Å². The number of sulfonamides is 1. The lowest BCUT2D eigenvalue weighted by molar-refractivity contribution is 0.0569. The molecule has 0 radical (unpaired) electrons. The van der Waals surface area contributed by atoms with E-state index in [0.717, 1.165) is 0 Å². The Bertz CT molecular complexity index is 771. The molecule has 0 spiro atoms. The second-order valence-electron chi connectivity index (χ2n) is 5.96. The highest BCUT2D eigenvalue weighted by Gasteiger charge is 2.27. The third kappa shape index (κ3) is 4.53. The van der Waals surface area contributed by atoms with Gasteiger partial charge in [-0.15, -0.1) is 0 Å². The van der Waals surface area contributed by atoms with E-state index >= 15 is 0 Å². The summed E-state index contributed by atoms with van der Waals surface area (Å²) in [5.74, 6) is -0.237. The van der Waals surface area contributed by atoms with E-state index in [1.54, 1.807) is 36.6 Å². The molecule has 2 amide bonds. The third-order valence-corrected chi connectivity index (χ3v) is 5.72. The van der Waals surface area contributed by atoms with Gasteiger partial charge >= 0.3 is 6.09 Å². The van der Waals surface area contributed by atoms with Crippen molar-refractivity contribution in [1.82, 2.24) is 14.5 Å². The molecule has 0 aromatic heterocycles. The molecule has 0 saturated carbocycles. The summed E-state index contributed by atoms with van der Waals surface area (Å²) in [4.78, 5) is 27.8. The van der Waals surface area contributed by atoms with Crippen LogP contribution in [0.5, 0.6) is 0 Å². The summed E-state index contributed by atoms with van der Waals surface area (Å²) in [5, 5.41) is 0. The number of aryl methyl sites for hydroxylation is 1. The first-order valence-corrected chi connectivity index (χ1v) is 10.1. The highest BCUT2D eigenvalue weighted by atomic mass is 32.2. The molecule has 144 valence electrons. The summed E-state index contributed by atoms with van der Waals surface area (Å²) in [6.45, 7) is 7.32. The van der Waals surface area contributed by atoms with Crippen LogP contribution in [0.1, 0.15) is 29.8 Å². The Labute approximate surface area is 154 Å². The lowest BCUT2D eigenvalue weighted by atomic mass is 10.1. The maximum atomic E-state index is 12.8. The zero-order chi connectivity index (χ0) is 19.3. The molecule has 0 bridgehead atoms. The average Bonchev–Trinajstić information content (AvgIpc) is 2.61. The highest BCUT2D eigenvalue weighted by Crippen LogP contribution is 2.18. The van der Waals surface area contributed by atoms with E-state index in [1.807, 2.05) is 0 Å². The quantitative estimate of drug-likeness (QED) is 0.824. The average molecular weight is 383 g/mol. The van der Waals surface area contributed by atoms with Gasteiger partial charge in [-0.1, -0.05) is 13.0 Å². The Hall–Kier alpha value is -2.13. The molecule has 1 aliphatic rings. The van der Waals surface area contributed by atoms with Gasteiger partial charge in [0.25, 0.3) is 5.91 Å². The SMILES string of the molecule is CCNS(=O)(=O)c1ccc(C)c(C(=O)N2CCN(C(=O)OCC)CC2)c1. The third-order valence-electron chi connectivity index (χ3n) is 4.18. The van der Waals surface area contributed by atoms with E-state index in [4.69, 9.17) is 4.74 Å². The molecular weight excluding hydrogens is 358 g/mol. The van der Waals surface area contributed by atoms with E-state index in [2.05, 4.69) is 4.72 Å². The van der Waals surface area contributed by atoms with Gasteiger partial charge in [0.2, 0.25) is 10.0 Å². The molecule has 1 saturated heterocycles. The topological polar surface area (TPSA) is 96.0 Å². The Morgan fingerprint density at radius 2 is 1.73 bits per heavy atom. The monoisotopic (exact) mass is 383 g/mol. The number of amides is 2. The minimum atomic E-state index is -3.63. The number of carbonyl (C=O) groups excluding carboxylic acids is 2. The van der Waals surface area contributed by atoms with Crippen molar-refractivity contribution in [1.29, 1.82) is 0 Å². The number of rotatable bonds is 5. The van der Waals surface area contributed by atoms with Crippen LogP contribution in [0.2, 0.25) is 0 Å². The molecule has 0 atom stereocenters. The lowest BCUT2D eigenvalue weighted by Crippen LogP contribution is -2.50. The van der Waals surface area contributed by atoms with E-state index in [1.165, 1.54) is 12.1 Å². The number of nitrogens with one attached hydrogen (secondary N) is 1. The van der Waals surface area contributed by atoms with Crippen LogP contribution in [0.3, 0.4) is 0 Å². The number of ether oxygens (including phenoxy) is 1. The number of nitrogens with zero attached hydrogens (tertiary/aromatic N) is 2. The predicted octanol–water partition coefficient (Wildman–Crippen LogP) is 1.21. The van der Waals surface area contributed by atoms with Crippen molar-refractivity contribution in [2.24, 2.45) is 0 Å². The largest absolute Gasteiger partial charge is 0.450 e. The molecule has 9 heteroatoms. The minimum absolute atomic E-state index is 0.0680. The van der Waals surface area contributed by atoms with Crippen molar-refractivity contribution >= 4 is 22.0 Å². The maximum absolute atomic E-state index is 12.8. The van der Waals surface area contributed by atoms with Crippen LogP contribution in [0, 0.1) is 6.92 Å². The Balaban J connectivity index is 2.14. The van der Waals surface area contributed by atoms with Crippen molar-refractivity contribution in [3.8, 4) is 0 Å². The smallest absolute Gasteiger partial charge is 0.409 e. The Kier molecular flexibility index (Phi) is 6.60. The van der Waals surface area contributed by atoms with Crippen molar-refractivity contribution in [2.75, 3.05) is 39.3 Å². The van der Waals surface area contributed by atoms with E-state index in [0.29, 0.717) is 43.9 Å². The van der Waals surface area contributed by atoms with E-state index in [9.17, 15) is 18.0 Å². The van der Waals surface area contributed by atoms with Gasteiger partial charge in [0.15, 0.2) is 0 Å². The molecule has 8 nitrogen and oxygen atoms in total. The van der Waals surface area contributed by atoms with Gasteiger partial charge in [0.1, 0.15) is 0 Å². The van der Waals surface area contributed by atoms with Crippen LogP contribution in [0.4, 0.5) is 4.79 Å². The summed E-state index contributed by atoms with van der Waals surface area (Å²) in [6.07, 6.45) is -0.380. The Morgan fingerprint density at radius 1 is 1.12 bits per heavy atom. The van der Waals surface area contributed by atoms with Crippen LogP contribution in [0.25, 0.3) is 0 Å². The van der Waals surface area contributed by atoms with Crippen LogP contribution < -0.4 is 4.72 Å². The van der Waals surface area contributed by atoms with Gasteiger partial charge in [-0.25, -0.2) is 17.9 Å². The van der Waals surface area contributed by atoms with Gasteiger partial charge in [0, 0.05) is 38.3 Å². The van der Waals surface area contributed by atoms with Gasteiger partial charge in [-0.05, 0) is 31.5 Å². The molecular formula is C17H25N3O5S. The molecule has 1 aliphatic heterocycles. The first-order chi connectivity index (χ1) is 12.3. The van der Waals surface area contributed by atoms with Crippen LogP contribution in [-0.4, -0.2) is 69.5 Å². The predicted molar refractivity (Wildman–Crippen MR) is 96.5 cm³/mol. The fourth-order valence-electron chi connectivity index (χ4n) is 2.75. The number of piperazine rings is 1. The summed E-state index contributed by atoms with van der Waals surface area (Å²) < 4.78 is 31.7. The van der Waals surface area contributed by atoms with Crippen molar-refractivity contribution < 1.29 is 22.7 Å². The normalized spacial score (nSPS) is 15.0. The summed E-state index contributed by atoms with van der Waals surface area (Å²) in [5.41, 5.74) is 1.06. The van der Waals surface area contributed by atoms with E-state index < -0.39 is 10.0 Å². The molecule has 26 heavy (non-hydrogen) atoms. The number of benzene rings is 1. The minimum Gasteiger partial charge on any atom is -0.450 e. The van der Waals surface area contributed by atoms with E-state index in [-0.39, 0.29) is 23.4 Å². The second-order valence-corrected chi connectivity index (χ2v) is 7.72. The lowest BCUT2D eigenvalue weighted by Gasteiger charge is -2.34. The van der Waals surface area contributed by atoms with Gasteiger partial charge in [0.05, 0.1) is 11.5 Å². The fourth-order valence-corrected chi connectivity index (χ4v) is 3.82. The zero-order valence-corrected chi connectivity index (χ0v) is 16.1. The van der Waals surface area contributed by atoms with Gasteiger partial charge in [-0.2, -0.15) is 0 Å². The number of hydrogen-bond donors (Lipinski definition) is 1. The Morgan fingerprint density at radius 3 is 2.31 bits per heavy atom. The molecule has 1 fully saturated rings. The summed E-state index contributed by atoms with van der Waals surface area (Å²) in [7, 11) is -3.63. The highest BCUT2D eigenvalue weighted by molar-refractivity contribution is 7.89. The standard InChI is InChI=1S/C17H25N3O5S/c1-4-18-26(23,24)14-7-6-13(3)15(12-14)16(21)19-8-10-20(11-9-19)17(22)25-5-2/h6-7,12,18H,4-5,8-11H2,1-3H3. The molecule has 0 aliphatic carbocycles.